The molecule has 0 aromatic heterocycles. The molecule has 2 aliphatic rings. The Labute approximate surface area is 121 Å². The Morgan fingerprint density at radius 3 is 2.45 bits per heavy atom. The van der Waals surface area contributed by atoms with Crippen molar-refractivity contribution in [1.82, 2.24) is 5.32 Å². The summed E-state index contributed by atoms with van der Waals surface area (Å²) in [6.45, 7) is 4.53. The molecule has 1 N–H and O–H groups in total. The van der Waals surface area contributed by atoms with Crippen molar-refractivity contribution in [3.8, 4) is 6.07 Å². The SMILES string of the molecule is CC(NC(C)C1CC2C=CC1C2)c1ccc(C#N)cc1. The third-order valence-electron chi connectivity index (χ3n) is 5.03. The van der Waals surface area contributed by atoms with Gasteiger partial charge in [-0.05, 0) is 62.1 Å². The molecule has 5 atom stereocenters. The summed E-state index contributed by atoms with van der Waals surface area (Å²) in [7, 11) is 0. The van der Waals surface area contributed by atoms with E-state index >= 15 is 0 Å². The lowest BCUT2D eigenvalue weighted by Gasteiger charge is -2.29. The number of nitrogens with zero attached hydrogens (tertiary/aromatic N) is 1. The lowest BCUT2D eigenvalue weighted by molar-refractivity contribution is 0.307. The Hall–Kier alpha value is -1.59. The van der Waals surface area contributed by atoms with E-state index in [1.165, 1.54) is 18.4 Å². The third kappa shape index (κ3) is 2.51. The van der Waals surface area contributed by atoms with Crippen LogP contribution in [0, 0.1) is 29.1 Å². The monoisotopic (exact) mass is 266 g/mol. The van der Waals surface area contributed by atoms with E-state index < -0.39 is 0 Å². The number of hydrogen-bond donors (Lipinski definition) is 1. The molecule has 1 fully saturated rings. The molecule has 1 aromatic rings. The molecule has 0 spiro atoms. The average molecular weight is 266 g/mol. The molecule has 2 aliphatic carbocycles. The molecule has 1 aromatic carbocycles. The highest BCUT2D eigenvalue weighted by atomic mass is 14.9. The molecule has 3 rings (SSSR count). The predicted molar refractivity (Wildman–Crippen MR) is 81.0 cm³/mol. The molecule has 0 aliphatic heterocycles. The maximum absolute atomic E-state index is 8.84. The van der Waals surface area contributed by atoms with E-state index in [1.807, 2.05) is 12.1 Å². The fourth-order valence-corrected chi connectivity index (χ4v) is 3.86. The van der Waals surface area contributed by atoms with Gasteiger partial charge < -0.3 is 5.32 Å². The summed E-state index contributed by atoms with van der Waals surface area (Å²) in [5.74, 6) is 2.40. The van der Waals surface area contributed by atoms with Gasteiger partial charge in [-0.2, -0.15) is 5.26 Å². The molecule has 2 nitrogen and oxygen atoms in total. The van der Waals surface area contributed by atoms with Crippen LogP contribution in [0.2, 0.25) is 0 Å². The molecule has 0 heterocycles. The lowest BCUT2D eigenvalue weighted by Crippen LogP contribution is -2.37. The van der Waals surface area contributed by atoms with Crippen molar-refractivity contribution in [1.29, 1.82) is 5.26 Å². The van der Waals surface area contributed by atoms with Crippen molar-refractivity contribution in [2.24, 2.45) is 17.8 Å². The van der Waals surface area contributed by atoms with Crippen LogP contribution in [-0.2, 0) is 0 Å². The molecule has 5 unspecified atom stereocenters. The van der Waals surface area contributed by atoms with Crippen LogP contribution in [0.5, 0.6) is 0 Å². The van der Waals surface area contributed by atoms with Gasteiger partial charge in [0.15, 0.2) is 0 Å². The first-order chi connectivity index (χ1) is 9.67. The molecule has 20 heavy (non-hydrogen) atoms. The quantitative estimate of drug-likeness (QED) is 0.841. The second-order valence-corrected chi connectivity index (χ2v) is 6.35. The van der Waals surface area contributed by atoms with E-state index in [9.17, 15) is 0 Å². The lowest BCUT2D eigenvalue weighted by atomic mass is 9.87. The van der Waals surface area contributed by atoms with Crippen molar-refractivity contribution in [3.05, 3.63) is 47.5 Å². The van der Waals surface area contributed by atoms with Gasteiger partial charge in [0, 0.05) is 12.1 Å². The number of allylic oxidation sites excluding steroid dienone is 2. The minimum Gasteiger partial charge on any atom is -0.307 e. The number of fused-ring (bicyclic) bond motifs is 2. The summed E-state index contributed by atoms with van der Waals surface area (Å²) in [6, 6.07) is 11.0. The molecule has 2 heteroatoms. The number of hydrogen-bond acceptors (Lipinski definition) is 2. The van der Waals surface area contributed by atoms with Crippen LogP contribution in [0.4, 0.5) is 0 Å². The van der Waals surface area contributed by atoms with E-state index in [0.29, 0.717) is 12.1 Å². The van der Waals surface area contributed by atoms with Gasteiger partial charge in [0.2, 0.25) is 0 Å². The summed E-state index contributed by atoms with van der Waals surface area (Å²) < 4.78 is 0. The zero-order valence-electron chi connectivity index (χ0n) is 12.2. The Kier molecular flexibility index (Phi) is 3.63. The van der Waals surface area contributed by atoms with Crippen molar-refractivity contribution in [2.45, 2.75) is 38.8 Å². The van der Waals surface area contributed by atoms with Crippen molar-refractivity contribution < 1.29 is 0 Å². The molecule has 0 saturated heterocycles. The minimum atomic E-state index is 0.334. The van der Waals surface area contributed by atoms with Gasteiger partial charge in [0.25, 0.3) is 0 Å². The van der Waals surface area contributed by atoms with E-state index in [0.717, 1.165) is 23.3 Å². The van der Waals surface area contributed by atoms with Crippen molar-refractivity contribution in [2.75, 3.05) is 0 Å². The van der Waals surface area contributed by atoms with Gasteiger partial charge in [-0.15, -0.1) is 0 Å². The maximum atomic E-state index is 8.84. The Balaban J connectivity index is 1.62. The van der Waals surface area contributed by atoms with Gasteiger partial charge in [-0.25, -0.2) is 0 Å². The second kappa shape index (κ2) is 5.42. The molecule has 2 bridgehead atoms. The molecule has 0 radical (unpaired) electrons. The fraction of sp³-hybridized carbons (Fsp3) is 0.500. The van der Waals surface area contributed by atoms with Crippen molar-refractivity contribution >= 4 is 0 Å². The van der Waals surface area contributed by atoms with Gasteiger partial charge in [0.1, 0.15) is 0 Å². The number of rotatable bonds is 4. The Morgan fingerprint density at radius 1 is 1.15 bits per heavy atom. The summed E-state index contributed by atoms with van der Waals surface area (Å²) in [5.41, 5.74) is 1.99. The van der Waals surface area contributed by atoms with Crippen molar-refractivity contribution in [3.63, 3.8) is 0 Å². The standard InChI is InChI=1S/C18H22N2/c1-12(16-6-3-14(11-19)4-7-16)20-13(2)18-10-15-5-8-17(18)9-15/h3-8,12-13,15,17-18,20H,9-10H2,1-2H3. The topological polar surface area (TPSA) is 35.8 Å². The van der Waals surface area contributed by atoms with Crippen LogP contribution in [-0.4, -0.2) is 6.04 Å². The van der Waals surface area contributed by atoms with Gasteiger partial charge in [0.05, 0.1) is 11.6 Å². The Morgan fingerprint density at radius 2 is 1.90 bits per heavy atom. The maximum Gasteiger partial charge on any atom is 0.0991 e. The number of nitrogens with one attached hydrogen (secondary N) is 1. The number of nitriles is 1. The summed E-state index contributed by atoms with van der Waals surface area (Å²) >= 11 is 0. The molecule has 0 amide bonds. The van der Waals surface area contributed by atoms with Crippen LogP contribution in [0.15, 0.2) is 36.4 Å². The highest BCUT2D eigenvalue weighted by molar-refractivity contribution is 5.32. The normalized spacial score (nSPS) is 30.1. The minimum absolute atomic E-state index is 0.334. The molecular formula is C18H22N2. The van der Waals surface area contributed by atoms with Gasteiger partial charge in [-0.1, -0.05) is 24.3 Å². The van der Waals surface area contributed by atoms with E-state index in [2.05, 4.69) is 49.5 Å². The first-order valence-electron chi connectivity index (χ1n) is 7.62. The van der Waals surface area contributed by atoms with Crippen LogP contribution >= 0.6 is 0 Å². The Bertz CT molecular complexity index is 538. The van der Waals surface area contributed by atoms with Crippen LogP contribution in [0.3, 0.4) is 0 Å². The summed E-state index contributed by atoms with van der Waals surface area (Å²) in [5, 5.41) is 12.6. The predicted octanol–water partition coefficient (Wildman–Crippen LogP) is 3.81. The molecular weight excluding hydrogens is 244 g/mol. The average Bonchev–Trinajstić information content (AvgIpc) is 3.10. The highest BCUT2D eigenvalue weighted by Crippen LogP contribution is 2.45. The van der Waals surface area contributed by atoms with E-state index in [4.69, 9.17) is 5.26 Å². The van der Waals surface area contributed by atoms with Crippen LogP contribution < -0.4 is 5.32 Å². The summed E-state index contributed by atoms with van der Waals surface area (Å²) in [4.78, 5) is 0. The smallest absolute Gasteiger partial charge is 0.0991 e. The fourth-order valence-electron chi connectivity index (χ4n) is 3.86. The summed E-state index contributed by atoms with van der Waals surface area (Å²) in [6.07, 6.45) is 7.53. The first kappa shape index (κ1) is 13.4. The highest BCUT2D eigenvalue weighted by Gasteiger charge is 2.38. The van der Waals surface area contributed by atoms with Crippen LogP contribution in [0.1, 0.15) is 43.9 Å². The van der Waals surface area contributed by atoms with E-state index in [-0.39, 0.29) is 0 Å². The molecule has 1 saturated carbocycles. The van der Waals surface area contributed by atoms with E-state index in [1.54, 1.807) is 0 Å². The second-order valence-electron chi connectivity index (χ2n) is 6.35. The zero-order chi connectivity index (χ0) is 14.1. The zero-order valence-corrected chi connectivity index (χ0v) is 12.2. The number of benzene rings is 1. The van der Waals surface area contributed by atoms with Gasteiger partial charge in [-0.3, -0.25) is 0 Å². The molecule has 104 valence electrons. The third-order valence-corrected chi connectivity index (χ3v) is 5.03. The van der Waals surface area contributed by atoms with Crippen LogP contribution in [0.25, 0.3) is 0 Å². The van der Waals surface area contributed by atoms with Gasteiger partial charge >= 0.3 is 0 Å². The first-order valence-corrected chi connectivity index (χ1v) is 7.62. The largest absolute Gasteiger partial charge is 0.307 e.